The SMILES string of the molecule is O=C(C[C@@H]1CC[C@@H](NC(=O)Nc2cc(F)ccc2F)[C@H](CO)O1)NCCCN1CCOCC1. The van der Waals surface area contributed by atoms with Gasteiger partial charge in [-0.05, 0) is 37.9 Å². The third kappa shape index (κ3) is 8.18. The van der Waals surface area contributed by atoms with E-state index in [0.29, 0.717) is 19.4 Å². The molecule has 3 atom stereocenters. The van der Waals surface area contributed by atoms with Crippen LogP contribution in [-0.4, -0.2) is 86.2 Å². The lowest BCUT2D eigenvalue weighted by molar-refractivity contribution is -0.130. The number of aliphatic hydroxyl groups is 1. The van der Waals surface area contributed by atoms with E-state index in [2.05, 4.69) is 20.9 Å². The number of rotatable bonds is 9. The molecule has 0 aromatic heterocycles. The predicted molar refractivity (Wildman–Crippen MR) is 117 cm³/mol. The van der Waals surface area contributed by atoms with Gasteiger partial charge < -0.3 is 30.5 Å². The van der Waals surface area contributed by atoms with Crippen molar-refractivity contribution >= 4 is 17.6 Å². The van der Waals surface area contributed by atoms with Gasteiger partial charge >= 0.3 is 6.03 Å². The summed E-state index contributed by atoms with van der Waals surface area (Å²) in [6.07, 6.45) is 0.922. The summed E-state index contributed by atoms with van der Waals surface area (Å²) in [5, 5.41) is 17.5. The maximum Gasteiger partial charge on any atom is 0.319 e. The van der Waals surface area contributed by atoms with Crippen LogP contribution >= 0.6 is 0 Å². The molecule has 1 aromatic carbocycles. The van der Waals surface area contributed by atoms with E-state index in [0.717, 1.165) is 57.5 Å². The van der Waals surface area contributed by atoms with Crippen molar-refractivity contribution in [2.75, 3.05) is 51.3 Å². The Labute approximate surface area is 191 Å². The first kappa shape index (κ1) is 25.3. The zero-order valence-electron chi connectivity index (χ0n) is 18.5. The molecule has 1 aromatic rings. The van der Waals surface area contributed by atoms with Gasteiger partial charge in [0.15, 0.2) is 0 Å². The number of morpholine rings is 1. The second-order valence-electron chi connectivity index (χ2n) is 8.25. The molecule has 0 unspecified atom stereocenters. The molecule has 2 aliphatic rings. The number of amides is 3. The summed E-state index contributed by atoms with van der Waals surface area (Å²) in [7, 11) is 0. The van der Waals surface area contributed by atoms with E-state index in [9.17, 15) is 23.5 Å². The normalized spacial score (nSPS) is 23.7. The topological polar surface area (TPSA) is 112 Å². The highest BCUT2D eigenvalue weighted by atomic mass is 19.1. The van der Waals surface area contributed by atoms with E-state index in [4.69, 9.17) is 9.47 Å². The highest BCUT2D eigenvalue weighted by molar-refractivity contribution is 5.89. The number of hydrogen-bond donors (Lipinski definition) is 4. The van der Waals surface area contributed by atoms with E-state index in [1.54, 1.807) is 0 Å². The van der Waals surface area contributed by atoms with Gasteiger partial charge in [0.05, 0.1) is 44.1 Å². The average Bonchev–Trinajstić information content (AvgIpc) is 2.81. The molecule has 0 spiro atoms. The molecular formula is C22H32F2N4O5. The molecule has 0 bridgehead atoms. The first-order chi connectivity index (χ1) is 15.9. The molecule has 11 heteroatoms. The Morgan fingerprint density at radius 1 is 1.18 bits per heavy atom. The van der Waals surface area contributed by atoms with Crippen LogP contribution in [-0.2, 0) is 14.3 Å². The largest absolute Gasteiger partial charge is 0.394 e. The van der Waals surface area contributed by atoms with Crippen molar-refractivity contribution in [2.45, 2.75) is 43.9 Å². The number of carbonyl (C=O) groups is 2. The number of carbonyl (C=O) groups excluding carboxylic acids is 2. The Hall–Kier alpha value is -2.34. The minimum atomic E-state index is -0.763. The lowest BCUT2D eigenvalue weighted by Gasteiger charge is -2.36. The Bertz CT molecular complexity index is 794. The second kappa shape index (κ2) is 12.8. The summed E-state index contributed by atoms with van der Waals surface area (Å²) in [5.74, 6) is -1.56. The number of nitrogens with zero attached hydrogens (tertiary/aromatic N) is 1. The number of anilines is 1. The molecule has 2 aliphatic heterocycles. The van der Waals surface area contributed by atoms with Crippen molar-refractivity contribution in [2.24, 2.45) is 0 Å². The second-order valence-corrected chi connectivity index (χ2v) is 8.25. The monoisotopic (exact) mass is 470 g/mol. The van der Waals surface area contributed by atoms with Crippen LogP contribution in [0.3, 0.4) is 0 Å². The van der Waals surface area contributed by atoms with Gasteiger partial charge in [0.25, 0.3) is 0 Å². The average molecular weight is 471 g/mol. The van der Waals surface area contributed by atoms with E-state index < -0.39 is 29.8 Å². The third-order valence-corrected chi connectivity index (χ3v) is 5.78. The summed E-state index contributed by atoms with van der Waals surface area (Å²) < 4.78 is 38.1. The standard InChI is InChI=1S/C22H32F2N4O5/c23-15-2-4-17(24)19(12-15)27-22(31)26-18-5-3-16(33-20(18)14-29)13-21(30)25-6-1-7-28-8-10-32-11-9-28/h2,4,12,16,18,20,29H,1,3,5-11,13-14H2,(H,25,30)(H2,26,27,31)/t16-,18+,20-/m0/s1. The molecule has 33 heavy (non-hydrogen) atoms. The van der Waals surface area contributed by atoms with Gasteiger partial charge in [0.2, 0.25) is 5.91 Å². The number of halogens is 2. The highest BCUT2D eigenvalue weighted by Crippen LogP contribution is 2.22. The molecule has 2 saturated heterocycles. The Balaban J connectivity index is 1.37. The van der Waals surface area contributed by atoms with Gasteiger partial charge in [-0.25, -0.2) is 13.6 Å². The van der Waals surface area contributed by atoms with Crippen LogP contribution in [0.4, 0.5) is 19.3 Å². The summed E-state index contributed by atoms with van der Waals surface area (Å²) in [6.45, 7) is 4.45. The quantitative estimate of drug-likeness (QED) is 0.404. The lowest BCUT2D eigenvalue weighted by atomic mass is 9.97. The van der Waals surface area contributed by atoms with Crippen molar-refractivity contribution in [1.82, 2.24) is 15.5 Å². The Kier molecular flexibility index (Phi) is 9.79. The number of ether oxygens (including phenoxy) is 2. The van der Waals surface area contributed by atoms with Gasteiger partial charge in [-0.3, -0.25) is 9.69 Å². The minimum absolute atomic E-state index is 0.121. The van der Waals surface area contributed by atoms with Crippen LogP contribution in [0.1, 0.15) is 25.7 Å². The maximum absolute atomic E-state index is 13.7. The smallest absolute Gasteiger partial charge is 0.319 e. The molecular weight excluding hydrogens is 438 g/mol. The van der Waals surface area contributed by atoms with E-state index in [1.165, 1.54) is 0 Å². The number of nitrogens with one attached hydrogen (secondary N) is 3. The van der Waals surface area contributed by atoms with Crippen LogP contribution in [0.2, 0.25) is 0 Å². The first-order valence-electron chi connectivity index (χ1n) is 11.3. The fourth-order valence-electron chi connectivity index (χ4n) is 4.00. The van der Waals surface area contributed by atoms with Gasteiger partial charge in [-0.15, -0.1) is 0 Å². The third-order valence-electron chi connectivity index (χ3n) is 5.78. The van der Waals surface area contributed by atoms with Crippen molar-refractivity contribution < 1.29 is 33.0 Å². The zero-order valence-corrected chi connectivity index (χ0v) is 18.5. The number of urea groups is 1. The number of aliphatic hydroxyl groups excluding tert-OH is 1. The molecule has 0 saturated carbocycles. The molecule has 3 rings (SSSR count). The predicted octanol–water partition coefficient (Wildman–Crippen LogP) is 1.22. The first-order valence-corrected chi connectivity index (χ1v) is 11.3. The van der Waals surface area contributed by atoms with Crippen LogP contribution in [0.25, 0.3) is 0 Å². The van der Waals surface area contributed by atoms with Gasteiger partial charge in [0, 0.05) is 25.7 Å². The van der Waals surface area contributed by atoms with Crippen LogP contribution in [0, 0.1) is 11.6 Å². The molecule has 4 N–H and O–H groups in total. The summed E-state index contributed by atoms with van der Waals surface area (Å²) in [4.78, 5) is 26.8. The van der Waals surface area contributed by atoms with Crippen molar-refractivity contribution in [3.05, 3.63) is 29.8 Å². The van der Waals surface area contributed by atoms with Crippen molar-refractivity contribution in [3.63, 3.8) is 0 Å². The van der Waals surface area contributed by atoms with Gasteiger partial charge in [-0.1, -0.05) is 0 Å². The lowest BCUT2D eigenvalue weighted by Crippen LogP contribution is -2.52. The van der Waals surface area contributed by atoms with Crippen molar-refractivity contribution in [1.29, 1.82) is 0 Å². The molecule has 184 valence electrons. The fraction of sp³-hybridized carbons (Fsp3) is 0.636. The van der Waals surface area contributed by atoms with Gasteiger partial charge in [0.1, 0.15) is 17.7 Å². The highest BCUT2D eigenvalue weighted by Gasteiger charge is 2.33. The molecule has 3 amide bonds. The van der Waals surface area contributed by atoms with E-state index in [-0.39, 0.29) is 30.7 Å². The number of hydrogen-bond acceptors (Lipinski definition) is 6. The van der Waals surface area contributed by atoms with Crippen LogP contribution in [0.15, 0.2) is 18.2 Å². The molecule has 2 fully saturated rings. The minimum Gasteiger partial charge on any atom is -0.394 e. The molecule has 2 heterocycles. The van der Waals surface area contributed by atoms with Crippen LogP contribution < -0.4 is 16.0 Å². The van der Waals surface area contributed by atoms with Crippen molar-refractivity contribution in [3.8, 4) is 0 Å². The summed E-state index contributed by atoms with van der Waals surface area (Å²) in [6, 6.07) is 1.49. The van der Waals surface area contributed by atoms with Gasteiger partial charge in [-0.2, -0.15) is 0 Å². The fourth-order valence-corrected chi connectivity index (χ4v) is 4.00. The summed E-state index contributed by atoms with van der Waals surface area (Å²) in [5.41, 5.74) is -0.284. The maximum atomic E-state index is 13.7. The Morgan fingerprint density at radius 2 is 1.97 bits per heavy atom. The Morgan fingerprint density at radius 3 is 2.73 bits per heavy atom. The molecule has 0 aliphatic carbocycles. The molecule has 0 radical (unpaired) electrons. The van der Waals surface area contributed by atoms with E-state index in [1.807, 2.05) is 0 Å². The summed E-state index contributed by atoms with van der Waals surface area (Å²) >= 11 is 0. The molecule has 9 nitrogen and oxygen atoms in total. The number of benzene rings is 1. The zero-order chi connectivity index (χ0) is 23.6. The van der Waals surface area contributed by atoms with E-state index >= 15 is 0 Å². The van der Waals surface area contributed by atoms with Crippen LogP contribution in [0.5, 0.6) is 0 Å².